The largest absolute Gasteiger partial charge is 0.416 e. The number of rotatable bonds is 3. The fourth-order valence-corrected chi connectivity index (χ4v) is 3.31. The van der Waals surface area contributed by atoms with Crippen LogP contribution in [0.3, 0.4) is 0 Å². The molecule has 0 spiro atoms. The van der Waals surface area contributed by atoms with Crippen molar-refractivity contribution in [1.82, 2.24) is 9.78 Å². The van der Waals surface area contributed by atoms with E-state index in [1.165, 1.54) is 6.07 Å². The molecular weight excluding hydrogens is 337 g/mol. The van der Waals surface area contributed by atoms with Gasteiger partial charge in [-0.3, -0.25) is 14.8 Å². The van der Waals surface area contributed by atoms with Crippen LogP contribution in [-0.2, 0) is 13.2 Å². The van der Waals surface area contributed by atoms with Crippen LogP contribution in [0.4, 0.5) is 24.5 Å². The number of hydrogen-bond donors (Lipinski definition) is 0. The fourth-order valence-electron chi connectivity index (χ4n) is 3.31. The van der Waals surface area contributed by atoms with Gasteiger partial charge in [-0.15, -0.1) is 0 Å². The smallest absolute Gasteiger partial charge is 0.366 e. The molecule has 1 aliphatic heterocycles. The van der Waals surface area contributed by atoms with Gasteiger partial charge in [0.1, 0.15) is 5.69 Å². The van der Waals surface area contributed by atoms with E-state index in [4.69, 9.17) is 0 Å². The predicted molar refractivity (Wildman–Crippen MR) is 85.5 cm³/mol. The highest BCUT2D eigenvalue weighted by Crippen LogP contribution is 2.38. The van der Waals surface area contributed by atoms with E-state index in [9.17, 15) is 23.3 Å². The van der Waals surface area contributed by atoms with Crippen molar-refractivity contribution in [3.8, 4) is 0 Å². The van der Waals surface area contributed by atoms with Crippen LogP contribution in [0.15, 0.2) is 30.5 Å². The summed E-state index contributed by atoms with van der Waals surface area (Å²) in [7, 11) is 1.86. The molecule has 1 aliphatic rings. The standard InChI is InChI=1S/C16H17F3N4O2/c1-21-13(4-7-20-21)11-5-8-22(9-6-11)14-3-2-12(16(17,18)19)10-15(14)23(24)25/h2-4,7,10-11H,5-6,8-9H2,1H3. The maximum absolute atomic E-state index is 12.8. The lowest BCUT2D eigenvalue weighted by Gasteiger charge is -2.33. The molecular formula is C16H17F3N4O2. The van der Waals surface area contributed by atoms with E-state index in [0.29, 0.717) is 19.2 Å². The highest BCUT2D eigenvalue weighted by molar-refractivity contribution is 5.65. The first kappa shape index (κ1) is 17.2. The number of nitro groups is 1. The highest BCUT2D eigenvalue weighted by Gasteiger charge is 2.34. The van der Waals surface area contributed by atoms with Gasteiger partial charge in [-0.1, -0.05) is 0 Å². The minimum absolute atomic E-state index is 0.237. The van der Waals surface area contributed by atoms with Gasteiger partial charge >= 0.3 is 6.18 Å². The third-order valence-corrected chi connectivity index (χ3v) is 4.61. The zero-order valence-corrected chi connectivity index (χ0v) is 13.5. The summed E-state index contributed by atoms with van der Waals surface area (Å²) in [6, 6.07) is 4.66. The Morgan fingerprint density at radius 1 is 1.24 bits per heavy atom. The van der Waals surface area contributed by atoms with Crippen LogP contribution in [0, 0.1) is 10.1 Å². The molecule has 134 valence electrons. The quantitative estimate of drug-likeness (QED) is 0.622. The number of nitrogens with zero attached hydrogens (tertiary/aromatic N) is 4. The summed E-state index contributed by atoms with van der Waals surface area (Å²) in [6.07, 6.45) is -1.35. The molecule has 0 bridgehead atoms. The van der Waals surface area contributed by atoms with Gasteiger partial charge in [0.2, 0.25) is 0 Å². The van der Waals surface area contributed by atoms with Gasteiger partial charge < -0.3 is 4.90 Å². The van der Waals surface area contributed by atoms with E-state index in [1.54, 1.807) is 15.8 Å². The lowest BCUT2D eigenvalue weighted by atomic mass is 9.93. The first-order valence-corrected chi connectivity index (χ1v) is 7.86. The van der Waals surface area contributed by atoms with E-state index < -0.39 is 22.4 Å². The Balaban J connectivity index is 1.81. The van der Waals surface area contributed by atoms with Crippen molar-refractivity contribution >= 4 is 11.4 Å². The number of anilines is 1. The topological polar surface area (TPSA) is 64.2 Å². The zero-order chi connectivity index (χ0) is 18.2. The van der Waals surface area contributed by atoms with Crippen LogP contribution >= 0.6 is 0 Å². The van der Waals surface area contributed by atoms with Crippen molar-refractivity contribution in [3.63, 3.8) is 0 Å². The summed E-state index contributed by atoms with van der Waals surface area (Å²) in [5.41, 5.74) is -0.176. The zero-order valence-electron chi connectivity index (χ0n) is 13.5. The van der Waals surface area contributed by atoms with Crippen molar-refractivity contribution < 1.29 is 18.1 Å². The Morgan fingerprint density at radius 2 is 1.92 bits per heavy atom. The molecule has 0 saturated carbocycles. The number of hydrogen-bond acceptors (Lipinski definition) is 4. The second kappa shape index (κ2) is 6.38. The minimum Gasteiger partial charge on any atom is -0.366 e. The third-order valence-electron chi connectivity index (χ3n) is 4.61. The second-order valence-electron chi connectivity index (χ2n) is 6.10. The lowest BCUT2D eigenvalue weighted by molar-refractivity contribution is -0.384. The van der Waals surface area contributed by atoms with Crippen molar-refractivity contribution in [3.05, 3.63) is 51.8 Å². The molecule has 1 fully saturated rings. The number of aromatic nitrogens is 2. The van der Waals surface area contributed by atoms with Crippen LogP contribution in [0.5, 0.6) is 0 Å². The normalized spacial score (nSPS) is 16.2. The van der Waals surface area contributed by atoms with E-state index in [1.807, 2.05) is 13.1 Å². The van der Waals surface area contributed by atoms with Gasteiger partial charge in [-0.25, -0.2) is 0 Å². The summed E-state index contributed by atoms with van der Waals surface area (Å²) in [4.78, 5) is 12.3. The molecule has 2 heterocycles. The number of aryl methyl sites for hydroxylation is 1. The average Bonchev–Trinajstić information content (AvgIpc) is 2.99. The number of piperidine rings is 1. The summed E-state index contributed by atoms with van der Waals surface area (Å²) in [5.74, 6) is 0.289. The van der Waals surface area contributed by atoms with Gasteiger partial charge in [0.25, 0.3) is 5.69 Å². The van der Waals surface area contributed by atoms with Gasteiger partial charge in [-0.2, -0.15) is 18.3 Å². The van der Waals surface area contributed by atoms with E-state index in [0.717, 1.165) is 24.6 Å². The molecule has 6 nitrogen and oxygen atoms in total. The Labute approximate surface area is 142 Å². The van der Waals surface area contributed by atoms with Crippen molar-refractivity contribution in [1.29, 1.82) is 0 Å². The van der Waals surface area contributed by atoms with Crippen LogP contribution in [-0.4, -0.2) is 27.8 Å². The maximum atomic E-state index is 12.8. The SMILES string of the molecule is Cn1nccc1C1CCN(c2ccc(C(F)(F)F)cc2[N+](=O)[O-])CC1. The minimum atomic E-state index is -4.60. The first-order chi connectivity index (χ1) is 11.8. The predicted octanol–water partition coefficient (Wildman–Crippen LogP) is 3.73. The van der Waals surface area contributed by atoms with Crippen LogP contribution in [0.25, 0.3) is 0 Å². The fraction of sp³-hybridized carbons (Fsp3) is 0.438. The molecule has 0 unspecified atom stereocenters. The maximum Gasteiger partial charge on any atom is 0.416 e. The van der Waals surface area contributed by atoms with Crippen LogP contribution in [0.2, 0.25) is 0 Å². The van der Waals surface area contributed by atoms with Crippen LogP contribution < -0.4 is 4.90 Å². The van der Waals surface area contributed by atoms with Crippen LogP contribution in [0.1, 0.15) is 30.0 Å². The Bertz CT molecular complexity index is 780. The van der Waals surface area contributed by atoms with E-state index in [-0.39, 0.29) is 11.6 Å². The molecule has 0 aliphatic carbocycles. The molecule has 0 radical (unpaired) electrons. The second-order valence-corrected chi connectivity index (χ2v) is 6.10. The average molecular weight is 354 g/mol. The summed E-state index contributed by atoms with van der Waals surface area (Å²) in [5, 5.41) is 15.4. The molecule has 9 heteroatoms. The number of nitro benzene ring substituents is 1. The lowest BCUT2D eigenvalue weighted by Crippen LogP contribution is -2.33. The monoisotopic (exact) mass is 354 g/mol. The van der Waals surface area contributed by atoms with Crippen molar-refractivity contribution in [2.45, 2.75) is 24.9 Å². The summed E-state index contributed by atoms with van der Waals surface area (Å²) >= 11 is 0. The van der Waals surface area contributed by atoms with Gasteiger partial charge in [0.15, 0.2) is 0 Å². The molecule has 1 aromatic carbocycles. The summed E-state index contributed by atoms with van der Waals surface area (Å²) in [6.45, 7) is 1.09. The molecule has 0 N–H and O–H groups in total. The first-order valence-electron chi connectivity index (χ1n) is 7.86. The Kier molecular flexibility index (Phi) is 4.40. The Morgan fingerprint density at radius 3 is 2.44 bits per heavy atom. The van der Waals surface area contributed by atoms with Gasteiger partial charge in [0, 0.05) is 44.0 Å². The number of alkyl halides is 3. The molecule has 0 amide bonds. The van der Waals surface area contributed by atoms with Crippen molar-refractivity contribution in [2.24, 2.45) is 7.05 Å². The molecule has 2 aromatic rings. The highest BCUT2D eigenvalue weighted by atomic mass is 19.4. The van der Waals surface area contributed by atoms with Gasteiger partial charge in [-0.05, 0) is 31.0 Å². The van der Waals surface area contributed by atoms with Gasteiger partial charge in [0.05, 0.1) is 10.5 Å². The molecule has 3 rings (SSSR count). The van der Waals surface area contributed by atoms with E-state index in [2.05, 4.69) is 5.10 Å². The van der Waals surface area contributed by atoms with E-state index >= 15 is 0 Å². The number of benzene rings is 1. The number of halogens is 3. The summed E-state index contributed by atoms with van der Waals surface area (Å²) < 4.78 is 40.2. The molecule has 1 saturated heterocycles. The third kappa shape index (κ3) is 3.45. The Hall–Kier alpha value is -2.58. The molecule has 1 aromatic heterocycles. The van der Waals surface area contributed by atoms with Crippen molar-refractivity contribution in [2.75, 3.05) is 18.0 Å². The molecule has 0 atom stereocenters. The molecule has 25 heavy (non-hydrogen) atoms.